The highest BCUT2D eigenvalue weighted by molar-refractivity contribution is 6.12. The van der Waals surface area contributed by atoms with Crippen molar-refractivity contribution in [3.8, 4) is 0 Å². The van der Waals surface area contributed by atoms with Gasteiger partial charge in [0, 0.05) is 17.8 Å². The summed E-state index contributed by atoms with van der Waals surface area (Å²) in [5.74, 6) is -4.09. The quantitative estimate of drug-likeness (QED) is 0.166. The number of aliphatic hydroxyl groups is 2. The number of hydrogen-bond donors (Lipinski definition) is 8. The van der Waals surface area contributed by atoms with Crippen LogP contribution in [-0.4, -0.2) is 99.0 Å². The lowest BCUT2D eigenvalue weighted by molar-refractivity contribution is -0.232. The largest absolute Gasteiger partial charge is 0.361 e. The molecule has 0 aromatic heterocycles. The maximum Gasteiger partial charge on any atom is 0.331 e. The van der Waals surface area contributed by atoms with Gasteiger partial charge in [-0.1, -0.05) is 30.3 Å². The predicted molar refractivity (Wildman–Crippen MR) is 147 cm³/mol. The summed E-state index contributed by atoms with van der Waals surface area (Å²) in [6.45, 7) is 3.14. The molecule has 8 N–H and O–H groups in total. The molecule has 0 radical (unpaired) electrons. The monoisotopic (exact) mass is 561 g/mol. The Morgan fingerprint density at radius 1 is 1.07 bits per heavy atom. The van der Waals surface area contributed by atoms with Crippen LogP contribution in [0.2, 0.25) is 0 Å². The highest BCUT2D eigenvalue weighted by atomic mass is 16.5. The minimum Gasteiger partial charge on any atom is -0.361 e. The smallest absolute Gasteiger partial charge is 0.331 e. The summed E-state index contributed by atoms with van der Waals surface area (Å²) in [4.78, 5) is 43.2. The molecule has 214 valence electrons. The molecule has 4 amide bonds. The fourth-order valence-corrected chi connectivity index (χ4v) is 6.29. The fraction of sp³-hybridized carbons (Fsp3) is 0.370. The summed E-state index contributed by atoms with van der Waals surface area (Å²) in [5, 5.41) is 51.7. The van der Waals surface area contributed by atoms with Crippen molar-refractivity contribution < 1.29 is 24.6 Å². The van der Waals surface area contributed by atoms with Gasteiger partial charge in [0.25, 0.3) is 11.8 Å². The molecule has 41 heavy (non-hydrogen) atoms. The van der Waals surface area contributed by atoms with E-state index in [0.29, 0.717) is 11.3 Å². The van der Waals surface area contributed by atoms with Gasteiger partial charge in [0.05, 0.1) is 18.6 Å². The number of hydrogen-bond acceptors (Lipinski definition) is 7. The van der Waals surface area contributed by atoms with Crippen molar-refractivity contribution in [3.63, 3.8) is 0 Å². The Bertz CT molecular complexity index is 1480. The van der Waals surface area contributed by atoms with Crippen LogP contribution in [0.5, 0.6) is 0 Å². The second-order valence-corrected chi connectivity index (χ2v) is 10.8. The van der Waals surface area contributed by atoms with Gasteiger partial charge in [-0.3, -0.25) is 30.2 Å². The normalized spacial score (nSPS) is 28.2. The molecule has 1 spiro atoms. The van der Waals surface area contributed by atoms with E-state index in [2.05, 4.69) is 21.3 Å². The molecule has 0 aliphatic carbocycles. The summed E-state index contributed by atoms with van der Waals surface area (Å²) >= 11 is 0. The standard InChI is InChI=1S/C27H31N9O5/c1-14-7-6-10-17(15(14)2)22(38)31-19-12-36-24(29)30-18(21-26(36,27(19,40)41)33-23(28)32-21)11-35-20(37)13-34(25(35)39)16-8-4-3-5-9-16/h3-10,18-19,21,40-41H,11-13H2,1-2H3,(H2,29,30)(H,31,38)(H3,28,32,33)/t18-,19-,21-,26-/m0/s1. The van der Waals surface area contributed by atoms with Crippen molar-refractivity contribution in [1.29, 1.82) is 10.8 Å². The van der Waals surface area contributed by atoms with Crippen LogP contribution in [0.4, 0.5) is 10.5 Å². The van der Waals surface area contributed by atoms with Crippen LogP contribution in [0.25, 0.3) is 0 Å². The zero-order chi connectivity index (χ0) is 29.3. The molecule has 4 heterocycles. The van der Waals surface area contributed by atoms with E-state index in [-0.39, 0.29) is 31.6 Å². The van der Waals surface area contributed by atoms with E-state index in [0.717, 1.165) is 16.0 Å². The Hall–Kier alpha value is -4.69. The van der Waals surface area contributed by atoms with Gasteiger partial charge in [-0.15, -0.1) is 0 Å². The molecule has 0 unspecified atom stereocenters. The van der Waals surface area contributed by atoms with Crippen LogP contribution < -0.4 is 26.2 Å². The number of nitrogens with zero attached hydrogens (tertiary/aromatic N) is 3. The van der Waals surface area contributed by atoms with Crippen LogP contribution in [0.3, 0.4) is 0 Å². The SMILES string of the molecule is Cc1cccc(C(=O)N[C@H]2CN3C(=N)N[C@@H](CN4C(=O)CN(c5ccccc5)C4=O)[C@@H]4NC(=N)N[C@@]43C2(O)O)c1C. The van der Waals surface area contributed by atoms with E-state index in [9.17, 15) is 24.6 Å². The Labute approximate surface area is 235 Å². The summed E-state index contributed by atoms with van der Waals surface area (Å²) in [7, 11) is 0. The molecule has 0 bridgehead atoms. The maximum absolute atomic E-state index is 13.3. The zero-order valence-electron chi connectivity index (χ0n) is 22.4. The van der Waals surface area contributed by atoms with Gasteiger partial charge >= 0.3 is 6.03 Å². The molecule has 14 heteroatoms. The summed E-state index contributed by atoms with van der Waals surface area (Å²) in [6.07, 6.45) is 0. The molecule has 4 aliphatic heterocycles. The molecule has 14 nitrogen and oxygen atoms in total. The Kier molecular flexibility index (Phi) is 5.94. The number of carbonyl (C=O) groups is 3. The number of carbonyl (C=O) groups excluding carboxylic acids is 3. The van der Waals surface area contributed by atoms with Crippen molar-refractivity contribution in [1.82, 2.24) is 31.1 Å². The topological polar surface area (TPSA) is 197 Å². The highest BCUT2D eigenvalue weighted by Gasteiger charge is 2.74. The second-order valence-electron chi connectivity index (χ2n) is 10.8. The van der Waals surface area contributed by atoms with E-state index >= 15 is 0 Å². The van der Waals surface area contributed by atoms with Crippen molar-refractivity contribution in [2.45, 2.75) is 43.4 Å². The first-order valence-electron chi connectivity index (χ1n) is 13.2. The van der Waals surface area contributed by atoms with Gasteiger partial charge in [0.1, 0.15) is 12.6 Å². The van der Waals surface area contributed by atoms with E-state index in [1.807, 2.05) is 13.0 Å². The van der Waals surface area contributed by atoms with E-state index < -0.39 is 47.4 Å². The number of nitrogens with one attached hydrogen (secondary N) is 6. The molecule has 2 aromatic rings. The van der Waals surface area contributed by atoms with Crippen molar-refractivity contribution in [2.24, 2.45) is 0 Å². The zero-order valence-corrected chi connectivity index (χ0v) is 22.4. The summed E-state index contributed by atoms with van der Waals surface area (Å²) in [6, 6.07) is 10.3. The van der Waals surface area contributed by atoms with Crippen LogP contribution in [0, 0.1) is 24.7 Å². The first kappa shape index (κ1) is 26.5. The van der Waals surface area contributed by atoms with Gasteiger partial charge in [0.2, 0.25) is 5.79 Å². The van der Waals surface area contributed by atoms with Crippen LogP contribution in [-0.2, 0) is 4.79 Å². The first-order valence-corrected chi connectivity index (χ1v) is 13.2. The third-order valence-corrected chi connectivity index (χ3v) is 8.56. The van der Waals surface area contributed by atoms with Gasteiger partial charge in [-0.2, -0.15) is 0 Å². The van der Waals surface area contributed by atoms with Gasteiger partial charge in [-0.25, -0.2) is 4.79 Å². The minimum atomic E-state index is -2.68. The van der Waals surface area contributed by atoms with Gasteiger partial charge in [0.15, 0.2) is 17.6 Å². The maximum atomic E-state index is 13.3. The molecule has 4 atom stereocenters. The van der Waals surface area contributed by atoms with Crippen LogP contribution in [0.15, 0.2) is 48.5 Å². The number of guanidine groups is 2. The summed E-state index contributed by atoms with van der Waals surface area (Å²) in [5.41, 5.74) is 0.734. The summed E-state index contributed by atoms with van der Waals surface area (Å²) < 4.78 is 0. The Morgan fingerprint density at radius 3 is 2.54 bits per heavy atom. The number of para-hydroxylation sites is 1. The molecule has 4 fully saturated rings. The number of imide groups is 1. The number of amides is 4. The average Bonchev–Trinajstić information content (AvgIpc) is 3.51. The van der Waals surface area contributed by atoms with Gasteiger partial charge < -0.3 is 36.4 Å². The second kappa shape index (κ2) is 9.17. The molecular weight excluding hydrogens is 530 g/mol. The predicted octanol–water partition coefficient (Wildman–Crippen LogP) is -1.03. The number of aryl methyl sites for hydroxylation is 1. The number of anilines is 1. The average molecular weight is 562 g/mol. The molecular formula is C27H31N9O5. The lowest BCUT2D eigenvalue weighted by Crippen LogP contribution is -2.81. The third-order valence-electron chi connectivity index (χ3n) is 8.56. The molecule has 2 aromatic carbocycles. The third kappa shape index (κ3) is 3.82. The van der Waals surface area contributed by atoms with E-state index in [4.69, 9.17) is 10.8 Å². The lowest BCUT2D eigenvalue weighted by atomic mass is 9.84. The number of urea groups is 1. The van der Waals surface area contributed by atoms with Crippen LogP contribution in [0.1, 0.15) is 21.5 Å². The van der Waals surface area contributed by atoms with E-state index in [1.165, 1.54) is 9.80 Å². The lowest BCUT2D eigenvalue weighted by Gasteiger charge is -2.51. The Morgan fingerprint density at radius 2 is 1.80 bits per heavy atom. The minimum absolute atomic E-state index is 0.160. The van der Waals surface area contributed by atoms with Crippen molar-refractivity contribution in [2.75, 3.05) is 24.5 Å². The number of benzene rings is 2. The molecule has 4 saturated heterocycles. The molecule has 6 rings (SSSR count). The molecule has 4 aliphatic rings. The number of rotatable bonds is 5. The van der Waals surface area contributed by atoms with Crippen molar-refractivity contribution in [3.05, 3.63) is 65.2 Å². The van der Waals surface area contributed by atoms with Crippen LogP contribution >= 0.6 is 0 Å². The molecule has 0 saturated carbocycles. The fourth-order valence-electron chi connectivity index (χ4n) is 6.29. The highest BCUT2D eigenvalue weighted by Crippen LogP contribution is 2.43. The van der Waals surface area contributed by atoms with E-state index in [1.54, 1.807) is 49.4 Å². The Balaban J connectivity index is 1.28. The van der Waals surface area contributed by atoms with Crippen molar-refractivity contribution >= 4 is 35.5 Å². The van der Waals surface area contributed by atoms with Gasteiger partial charge in [-0.05, 0) is 43.2 Å². The first-order chi connectivity index (χ1) is 19.5.